The number of pyridine rings is 2. The molecule has 1 aliphatic rings. The summed E-state index contributed by atoms with van der Waals surface area (Å²) < 4.78 is 0. The second-order valence-electron chi connectivity index (χ2n) is 5.07. The Morgan fingerprint density at radius 1 is 1.19 bits per heavy atom. The summed E-state index contributed by atoms with van der Waals surface area (Å²) in [5, 5.41) is 3.76. The molecule has 21 heavy (non-hydrogen) atoms. The number of rotatable bonds is 2. The van der Waals surface area contributed by atoms with Crippen LogP contribution in [0.4, 0.5) is 5.69 Å². The number of fused-ring (bicyclic) bond motifs is 1. The number of hydrogen-bond donors (Lipinski definition) is 2. The molecule has 1 aliphatic carbocycles. The van der Waals surface area contributed by atoms with Crippen LogP contribution in [-0.4, -0.2) is 21.4 Å². The van der Waals surface area contributed by atoms with Gasteiger partial charge in [-0.25, -0.2) is 0 Å². The topological polar surface area (TPSA) is 80.9 Å². The smallest absolute Gasteiger partial charge is 0.244 e. The van der Waals surface area contributed by atoms with Gasteiger partial charge < -0.3 is 11.1 Å². The van der Waals surface area contributed by atoms with Crippen LogP contribution < -0.4 is 11.1 Å². The van der Waals surface area contributed by atoms with E-state index in [2.05, 4.69) is 15.3 Å². The highest BCUT2D eigenvalue weighted by atomic mass is 35.5. The molecule has 0 saturated heterocycles. The van der Waals surface area contributed by atoms with Gasteiger partial charge in [-0.05, 0) is 25.0 Å². The molecule has 114 valence electrons. The molecule has 0 aliphatic heterocycles. The van der Waals surface area contributed by atoms with Gasteiger partial charge in [0.2, 0.25) is 5.91 Å². The first-order valence-corrected chi connectivity index (χ1v) is 6.48. The minimum absolute atomic E-state index is 0. The lowest BCUT2D eigenvalue weighted by molar-refractivity contribution is -0.120. The van der Waals surface area contributed by atoms with E-state index in [1.165, 1.54) is 0 Å². The van der Waals surface area contributed by atoms with Gasteiger partial charge in [-0.2, -0.15) is 0 Å². The Kier molecular flexibility index (Phi) is 5.89. The SMILES string of the molecule is Cl.Cl.NC1(C(=O)Nc2ccnc3ccncc23)CCCC1. The molecule has 5 nitrogen and oxygen atoms in total. The van der Waals surface area contributed by atoms with Crippen molar-refractivity contribution in [2.75, 3.05) is 5.32 Å². The van der Waals surface area contributed by atoms with Gasteiger partial charge in [-0.3, -0.25) is 14.8 Å². The van der Waals surface area contributed by atoms with Crippen LogP contribution in [0, 0.1) is 0 Å². The third-order valence-electron chi connectivity index (χ3n) is 3.74. The molecule has 0 radical (unpaired) electrons. The van der Waals surface area contributed by atoms with Gasteiger partial charge in [0.25, 0.3) is 0 Å². The lowest BCUT2D eigenvalue weighted by atomic mass is 9.98. The molecule has 0 spiro atoms. The minimum Gasteiger partial charge on any atom is -0.324 e. The predicted octanol–water partition coefficient (Wildman–Crippen LogP) is 2.68. The van der Waals surface area contributed by atoms with Crippen molar-refractivity contribution in [3.05, 3.63) is 30.7 Å². The molecule has 0 unspecified atom stereocenters. The van der Waals surface area contributed by atoms with Gasteiger partial charge in [0.15, 0.2) is 0 Å². The largest absolute Gasteiger partial charge is 0.324 e. The monoisotopic (exact) mass is 328 g/mol. The van der Waals surface area contributed by atoms with Crippen molar-refractivity contribution < 1.29 is 4.79 Å². The fraction of sp³-hybridized carbons (Fsp3) is 0.357. The average molecular weight is 329 g/mol. The molecule has 2 aromatic heterocycles. The summed E-state index contributed by atoms with van der Waals surface area (Å²) in [5.74, 6) is -0.110. The van der Waals surface area contributed by atoms with E-state index in [0.29, 0.717) is 0 Å². The van der Waals surface area contributed by atoms with Gasteiger partial charge >= 0.3 is 0 Å². The number of nitrogens with two attached hydrogens (primary N) is 1. The number of aromatic nitrogens is 2. The molecule has 0 atom stereocenters. The van der Waals surface area contributed by atoms with Gasteiger partial charge in [-0.1, -0.05) is 12.8 Å². The zero-order valence-electron chi connectivity index (χ0n) is 11.4. The van der Waals surface area contributed by atoms with Crippen LogP contribution in [-0.2, 0) is 4.79 Å². The van der Waals surface area contributed by atoms with Gasteiger partial charge in [-0.15, -0.1) is 24.8 Å². The first kappa shape index (κ1) is 17.6. The normalized spacial score (nSPS) is 15.9. The lowest BCUT2D eigenvalue weighted by Crippen LogP contribution is -2.48. The Morgan fingerprint density at radius 3 is 2.62 bits per heavy atom. The quantitative estimate of drug-likeness (QED) is 0.888. The van der Waals surface area contributed by atoms with Crippen molar-refractivity contribution in [1.82, 2.24) is 9.97 Å². The Labute approximate surface area is 135 Å². The van der Waals surface area contributed by atoms with Crippen molar-refractivity contribution in [2.45, 2.75) is 31.2 Å². The second kappa shape index (κ2) is 7.02. The molecule has 0 bridgehead atoms. The molecule has 3 rings (SSSR count). The van der Waals surface area contributed by atoms with E-state index in [1.54, 1.807) is 24.7 Å². The van der Waals surface area contributed by atoms with Crippen LogP contribution >= 0.6 is 24.8 Å². The predicted molar refractivity (Wildman–Crippen MR) is 88.1 cm³/mol. The van der Waals surface area contributed by atoms with Crippen LogP contribution in [0.25, 0.3) is 10.9 Å². The Morgan fingerprint density at radius 2 is 1.90 bits per heavy atom. The van der Waals surface area contributed by atoms with E-state index in [-0.39, 0.29) is 30.7 Å². The molecule has 1 fully saturated rings. The minimum atomic E-state index is -0.724. The van der Waals surface area contributed by atoms with E-state index in [0.717, 1.165) is 42.3 Å². The number of nitrogens with zero attached hydrogens (tertiary/aromatic N) is 2. The molecule has 7 heteroatoms. The Bertz CT molecular complexity index is 624. The van der Waals surface area contributed by atoms with Crippen LogP contribution in [0.15, 0.2) is 30.7 Å². The van der Waals surface area contributed by atoms with Crippen molar-refractivity contribution in [2.24, 2.45) is 5.73 Å². The molecular formula is C14H18Cl2N4O. The van der Waals surface area contributed by atoms with Crippen LogP contribution in [0.3, 0.4) is 0 Å². The molecular weight excluding hydrogens is 311 g/mol. The maximum atomic E-state index is 12.3. The van der Waals surface area contributed by atoms with E-state index >= 15 is 0 Å². The van der Waals surface area contributed by atoms with Crippen LogP contribution in [0.2, 0.25) is 0 Å². The third kappa shape index (κ3) is 3.43. The van der Waals surface area contributed by atoms with E-state index < -0.39 is 5.54 Å². The summed E-state index contributed by atoms with van der Waals surface area (Å²) in [6.45, 7) is 0. The number of nitrogens with one attached hydrogen (secondary N) is 1. The van der Waals surface area contributed by atoms with Gasteiger partial charge in [0, 0.05) is 24.0 Å². The molecule has 2 heterocycles. The highest BCUT2D eigenvalue weighted by Gasteiger charge is 2.37. The van der Waals surface area contributed by atoms with E-state index in [4.69, 9.17) is 5.73 Å². The molecule has 1 saturated carbocycles. The summed E-state index contributed by atoms with van der Waals surface area (Å²) in [5.41, 5.74) is 6.96. The van der Waals surface area contributed by atoms with Crippen molar-refractivity contribution in [3.8, 4) is 0 Å². The van der Waals surface area contributed by atoms with Crippen molar-refractivity contribution in [3.63, 3.8) is 0 Å². The maximum Gasteiger partial charge on any atom is 0.244 e. The summed E-state index contributed by atoms with van der Waals surface area (Å²) in [6, 6.07) is 3.60. The summed E-state index contributed by atoms with van der Waals surface area (Å²) in [4.78, 5) is 20.6. The van der Waals surface area contributed by atoms with Gasteiger partial charge in [0.05, 0.1) is 16.7 Å². The fourth-order valence-electron chi connectivity index (χ4n) is 2.58. The molecule has 2 aromatic rings. The number of halogens is 2. The van der Waals surface area contributed by atoms with Crippen molar-refractivity contribution in [1.29, 1.82) is 0 Å². The van der Waals surface area contributed by atoms with Crippen LogP contribution in [0.5, 0.6) is 0 Å². The maximum absolute atomic E-state index is 12.3. The molecule has 1 amide bonds. The lowest BCUT2D eigenvalue weighted by Gasteiger charge is -2.22. The first-order chi connectivity index (χ1) is 9.19. The number of carbonyl (C=O) groups is 1. The summed E-state index contributed by atoms with van der Waals surface area (Å²) in [7, 11) is 0. The van der Waals surface area contributed by atoms with E-state index in [9.17, 15) is 4.79 Å². The Balaban J connectivity index is 0.00000110. The van der Waals surface area contributed by atoms with Gasteiger partial charge in [0.1, 0.15) is 0 Å². The zero-order valence-corrected chi connectivity index (χ0v) is 13.0. The number of hydrogen-bond acceptors (Lipinski definition) is 4. The number of carbonyl (C=O) groups excluding carboxylic acids is 1. The van der Waals surface area contributed by atoms with E-state index in [1.807, 2.05) is 6.07 Å². The fourth-order valence-corrected chi connectivity index (χ4v) is 2.58. The standard InChI is InChI=1S/C14H16N4O.2ClH/c15-14(5-1-2-6-14)13(19)18-12-4-8-17-11-3-7-16-9-10(11)12;;/h3-4,7-9H,1-2,5-6,15H2,(H,17,18,19);2*1H. The first-order valence-electron chi connectivity index (χ1n) is 6.48. The molecule has 0 aromatic carbocycles. The average Bonchev–Trinajstić information content (AvgIpc) is 2.87. The Hall–Kier alpha value is -1.43. The summed E-state index contributed by atoms with van der Waals surface area (Å²) in [6.07, 6.45) is 8.60. The molecule has 3 N–H and O–H groups in total. The van der Waals surface area contributed by atoms with Crippen molar-refractivity contribution >= 4 is 47.3 Å². The summed E-state index contributed by atoms with van der Waals surface area (Å²) >= 11 is 0. The van der Waals surface area contributed by atoms with Crippen LogP contribution in [0.1, 0.15) is 25.7 Å². The zero-order chi connectivity index (χ0) is 13.3. The third-order valence-corrected chi connectivity index (χ3v) is 3.74. The highest BCUT2D eigenvalue weighted by molar-refractivity contribution is 6.04. The number of amides is 1. The number of anilines is 1. The highest BCUT2D eigenvalue weighted by Crippen LogP contribution is 2.29. The second-order valence-corrected chi connectivity index (χ2v) is 5.07.